The number of carbonyl (C=O) groups excluding carboxylic acids is 1. The van der Waals surface area contributed by atoms with E-state index in [1.165, 1.54) is 19.2 Å². The lowest BCUT2D eigenvalue weighted by Crippen LogP contribution is -2.09. The Hall–Kier alpha value is -1.68. The molecule has 0 aromatic heterocycles. The Labute approximate surface area is 132 Å². The molecule has 21 heavy (non-hydrogen) atoms. The smallest absolute Gasteiger partial charge is 0.197 e. The van der Waals surface area contributed by atoms with Crippen molar-refractivity contribution < 1.29 is 13.9 Å². The van der Waals surface area contributed by atoms with Crippen LogP contribution in [0.4, 0.5) is 4.39 Å². The van der Waals surface area contributed by atoms with Gasteiger partial charge in [0.2, 0.25) is 0 Å². The number of rotatable bonds is 3. The molecule has 0 saturated heterocycles. The molecule has 0 radical (unpaired) electrons. The van der Waals surface area contributed by atoms with Crippen molar-refractivity contribution in [3.05, 3.63) is 62.4 Å². The fourth-order valence-electron chi connectivity index (χ4n) is 2.55. The van der Waals surface area contributed by atoms with Gasteiger partial charge in [0.15, 0.2) is 5.78 Å². The summed E-state index contributed by atoms with van der Waals surface area (Å²) in [7, 11) is 1.42. The Morgan fingerprint density at radius 2 is 1.67 bits per heavy atom. The van der Waals surface area contributed by atoms with Crippen molar-refractivity contribution in [3.63, 3.8) is 0 Å². The molecular formula is C17H16BrFO2. The molecule has 4 heteroatoms. The predicted molar refractivity (Wildman–Crippen MR) is 84.7 cm³/mol. The molecule has 0 heterocycles. The number of carbonyl (C=O) groups is 1. The van der Waals surface area contributed by atoms with E-state index in [1.54, 1.807) is 0 Å². The summed E-state index contributed by atoms with van der Waals surface area (Å²) in [5.74, 6) is -0.386. The molecular weight excluding hydrogens is 335 g/mol. The summed E-state index contributed by atoms with van der Waals surface area (Å²) in [5, 5.41) is 0. The van der Waals surface area contributed by atoms with Crippen molar-refractivity contribution >= 4 is 21.7 Å². The number of halogens is 2. The molecule has 2 nitrogen and oxygen atoms in total. The Balaban J connectivity index is 2.63. The molecule has 0 aliphatic rings. The number of hydrogen-bond donors (Lipinski definition) is 0. The van der Waals surface area contributed by atoms with E-state index in [2.05, 4.69) is 15.9 Å². The summed E-state index contributed by atoms with van der Waals surface area (Å²) in [4.78, 5) is 12.8. The molecule has 0 aliphatic carbocycles. The first-order valence-electron chi connectivity index (χ1n) is 6.50. The van der Waals surface area contributed by atoms with Crippen LogP contribution in [0.3, 0.4) is 0 Å². The number of ether oxygens (including phenoxy) is 1. The molecule has 2 rings (SSSR count). The van der Waals surface area contributed by atoms with Gasteiger partial charge in [-0.15, -0.1) is 0 Å². The minimum Gasteiger partial charge on any atom is -0.496 e. The zero-order valence-electron chi connectivity index (χ0n) is 12.4. The maximum absolute atomic E-state index is 13.6. The fourth-order valence-corrected chi connectivity index (χ4v) is 2.89. The van der Waals surface area contributed by atoms with Crippen LogP contribution in [-0.2, 0) is 0 Å². The van der Waals surface area contributed by atoms with Crippen molar-refractivity contribution in [3.8, 4) is 5.75 Å². The Morgan fingerprint density at radius 1 is 1.10 bits per heavy atom. The number of methoxy groups -OCH3 is 1. The Morgan fingerprint density at radius 3 is 2.19 bits per heavy atom. The van der Waals surface area contributed by atoms with E-state index < -0.39 is 5.82 Å². The maximum atomic E-state index is 13.6. The minimum atomic E-state index is -0.458. The highest BCUT2D eigenvalue weighted by molar-refractivity contribution is 9.10. The first-order valence-corrected chi connectivity index (χ1v) is 7.30. The van der Waals surface area contributed by atoms with Gasteiger partial charge in [0.25, 0.3) is 0 Å². The van der Waals surface area contributed by atoms with E-state index in [0.717, 1.165) is 16.7 Å². The van der Waals surface area contributed by atoms with E-state index in [-0.39, 0.29) is 16.0 Å². The highest BCUT2D eigenvalue weighted by Crippen LogP contribution is 2.30. The molecule has 0 N–H and O–H groups in total. The molecule has 0 bridgehead atoms. The quantitative estimate of drug-likeness (QED) is 0.746. The third-order valence-electron chi connectivity index (χ3n) is 3.39. The van der Waals surface area contributed by atoms with Crippen molar-refractivity contribution in [2.24, 2.45) is 0 Å². The summed E-state index contributed by atoms with van der Waals surface area (Å²) >= 11 is 3.12. The molecule has 2 aromatic rings. The van der Waals surface area contributed by atoms with E-state index in [1.807, 2.05) is 32.9 Å². The summed E-state index contributed by atoms with van der Waals surface area (Å²) in [6.07, 6.45) is 0. The zero-order chi connectivity index (χ0) is 15.7. The molecule has 0 saturated carbocycles. The normalized spacial score (nSPS) is 10.6. The average molecular weight is 351 g/mol. The largest absolute Gasteiger partial charge is 0.496 e. The van der Waals surface area contributed by atoms with Gasteiger partial charge in [-0.3, -0.25) is 4.79 Å². The maximum Gasteiger partial charge on any atom is 0.197 e. The second-order valence-electron chi connectivity index (χ2n) is 5.07. The van der Waals surface area contributed by atoms with Crippen LogP contribution in [0.5, 0.6) is 5.75 Å². The van der Waals surface area contributed by atoms with Gasteiger partial charge in [0.05, 0.1) is 17.1 Å². The second kappa shape index (κ2) is 5.98. The van der Waals surface area contributed by atoms with E-state index in [0.29, 0.717) is 11.1 Å². The van der Waals surface area contributed by atoms with Crippen LogP contribution in [0.15, 0.2) is 28.7 Å². The van der Waals surface area contributed by atoms with Gasteiger partial charge < -0.3 is 4.74 Å². The monoisotopic (exact) mass is 350 g/mol. The van der Waals surface area contributed by atoms with Crippen LogP contribution in [-0.4, -0.2) is 12.9 Å². The Bertz CT molecular complexity index is 700. The summed E-state index contributed by atoms with van der Waals surface area (Å²) in [6.45, 7) is 5.79. The lowest BCUT2D eigenvalue weighted by molar-refractivity contribution is 0.103. The van der Waals surface area contributed by atoms with E-state index in [4.69, 9.17) is 4.74 Å². The highest BCUT2D eigenvalue weighted by Gasteiger charge is 2.20. The SMILES string of the molecule is COc1cc(F)c(Br)cc1C(=O)c1c(C)cc(C)cc1C. The topological polar surface area (TPSA) is 26.3 Å². The van der Waals surface area contributed by atoms with Crippen LogP contribution < -0.4 is 4.74 Å². The number of benzene rings is 2. The lowest BCUT2D eigenvalue weighted by atomic mass is 9.93. The molecule has 0 amide bonds. The predicted octanol–water partition coefficient (Wildman–Crippen LogP) is 4.75. The Kier molecular flexibility index (Phi) is 4.47. The third-order valence-corrected chi connectivity index (χ3v) is 4.00. The van der Waals surface area contributed by atoms with Gasteiger partial charge in [-0.05, 0) is 53.9 Å². The van der Waals surface area contributed by atoms with Gasteiger partial charge in [-0.2, -0.15) is 0 Å². The summed E-state index contributed by atoms with van der Waals surface area (Å²) in [6, 6.07) is 6.61. The number of ketones is 1. The van der Waals surface area contributed by atoms with Gasteiger partial charge in [0, 0.05) is 11.6 Å². The standard InChI is InChI=1S/C17H16BrFO2/c1-9-5-10(2)16(11(3)6-9)17(20)12-7-13(18)14(19)8-15(12)21-4/h5-8H,1-4H3. The first kappa shape index (κ1) is 15.7. The van der Waals surface area contributed by atoms with Crippen LogP contribution in [0, 0.1) is 26.6 Å². The van der Waals surface area contributed by atoms with Crippen molar-refractivity contribution in [2.45, 2.75) is 20.8 Å². The van der Waals surface area contributed by atoms with Crippen LogP contribution in [0.2, 0.25) is 0 Å². The zero-order valence-corrected chi connectivity index (χ0v) is 14.0. The minimum absolute atomic E-state index is 0.164. The molecule has 2 aromatic carbocycles. The second-order valence-corrected chi connectivity index (χ2v) is 5.92. The van der Waals surface area contributed by atoms with E-state index in [9.17, 15) is 9.18 Å². The van der Waals surface area contributed by atoms with Gasteiger partial charge in [0.1, 0.15) is 11.6 Å². The van der Waals surface area contributed by atoms with E-state index >= 15 is 0 Å². The van der Waals surface area contributed by atoms with Gasteiger partial charge in [-0.25, -0.2) is 4.39 Å². The number of aryl methyl sites for hydroxylation is 3. The van der Waals surface area contributed by atoms with Gasteiger partial charge >= 0.3 is 0 Å². The average Bonchev–Trinajstić information content (AvgIpc) is 2.39. The fraction of sp³-hybridized carbons (Fsp3) is 0.235. The van der Waals surface area contributed by atoms with Crippen molar-refractivity contribution in [1.29, 1.82) is 0 Å². The molecule has 0 spiro atoms. The highest BCUT2D eigenvalue weighted by atomic mass is 79.9. The van der Waals surface area contributed by atoms with Crippen LogP contribution in [0.25, 0.3) is 0 Å². The summed E-state index contributed by atoms with van der Waals surface area (Å²) < 4.78 is 19.0. The molecule has 0 unspecified atom stereocenters. The molecule has 0 aliphatic heterocycles. The van der Waals surface area contributed by atoms with Gasteiger partial charge in [-0.1, -0.05) is 17.7 Å². The summed E-state index contributed by atoms with van der Waals surface area (Å²) in [5.41, 5.74) is 3.90. The van der Waals surface area contributed by atoms with Crippen molar-refractivity contribution in [2.75, 3.05) is 7.11 Å². The molecule has 0 fully saturated rings. The third kappa shape index (κ3) is 3.00. The lowest BCUT2D eigenvalue weighted by Gasteiger charge is -2.13. The van der Waals surface area contributed by atoms with Crippen LogP contribution >= 0.6 is 15.9 Å². The van der Waals surface area contributed by atoms with Crippen molar-refractivity contribution in [1.82, 2.24) is 0 Å². The molecule has 0 atom stereocenters. The number of hydrogen-bond acceptors (Lipinski definition) is 2. The van der Waals surface area contributed by atoms with Crippen LogP contribution in [0.1, 0.15) is 32.6 Å². The molecule has 110 valence electrons. The first-order chi connectivity index (χ1) is 9.85.